The van der Waals surface area contributed by atoms with E-state index in [0.29, 0.717) is 0 Å². The molecule has 0 aliphatic carbocycles. The van der Waals surface area contributed by atoms with E-state index >= 15 is 0 Å². The largest absolute Gasteiger partial charge is 0.390 e. The Morgan fingerprint density at radius 3 is 2.73 bits per heavy atom. The van der Waals surface area contributed by atoms with Crippen LogP contribution in [0.3, 0.4) is 0 Å². The molecule has 0 spiro atoms. The van der Waals surface area contributed by atoms with Crippen molar-refractivity contribution < 1.29 is 13.2 Å². The second-order valence-electron chi connectivity index (χ2n) is 3.50. The number of nitrogens with one attached hydrogen (secondary N) is 1. The molecule has 0 aliphatic rings. The minimum Gasteiger partial charge on any atom is -0.314 e. The Morgan fingerprint density at radius 2 is 2.20 bits per heavy atom. The normalized spacial score (nSPS) is 14.1. The summed E-state index contributed by atoms with van der Waals surface area (Å²) in [5, 5.41) is 4.83. The van der Waals surface area contributed by atoms with Gasteiger partial charge >= 0.3 is 6.18 Å². The van der Waals surface area contributed by atoms with Crippen LogP contribution in [-0.4, -0.2) is 18.8 Å². The summed E-state index contributed by atoms with van der Waals surface area (Å²) in [7, 11) is 0. The van der Waals surface area contributed by atoms with Crippen LogP contribution >= 0.6 is 11.3 Å². The minimum absolute atomic E-state index is 0.00393. The second kappa shape index (κ2) is 5.51. The third kappa shape index (κ3) is 5.79. The van der Waals surface area contributed by atoms with Crippen molar-refractivity contribution in [3.8, 4) is 0 Å². The van der Waals surface area contributed by atoms with Gasteiger partial charge in [0.2, 0.25) is 0 Å². The molecule has 1 aromatic rings. The summed E-state index contributed by atoms with van der Waals surface area (Å²) in [6, 6.07) is 4.03. The zero-order valence-electron chi connectivity index (χ0n) is 8.47. The quantitative estimate of drug-likeness (QED) is 0.829. The molecule has 0 fully saturated rings. The van der Waals surface area contributed by atoms with Gasteiger partial charge in [0.15, 0.2) is 0 Å². The van der Waals surface area contributed by atoms with Crippen LogP contribution in [0.4, 0.5) is 13.2 Å². The number of alkyl halides is 3. The first-order chi connectivity index (χ1) is 6.97. The molecule has 0 aromatic carbocycles. The van der Waals surface area contributed by atoms with Crippen LogP contribution in [0, 0.1) is 0 Å². The number of hydrogen-bond donors (Lipinski definition) is 1. The Bertz CT molecular complexity index is 269. The lowest BCUT2D eigenvalue weighted by Crippen LogP contribution is -2.31. The van der Waals surface area contributed by atoms with E-state index in [4.69, 9.17) is 0 Å². The number of halogens is 3. The van der Waals surface area contributed by atoms with Crippen molar-refractivity contribution in [1.29, 1.82) is 0 Å². The van der Waals surface area contributed by atoms with Crippen LogP contribution in [0.5, 0.6) is 0 Å². The molecule has 1 heterocycles. The molecule has 86 valence electrons. The highest BCUT2D eigenvalue weighted by Gasteiger charge is 2.26. The van der Waals surface area contributed by atoms with Crippen LogP contribution < -0.4 is 5.32 Å². The van der Waals surface area contributed by atoms with Crippen LogP contribution in [0.15, 0.2) is 17.5 Å². The summed E-state index contributed by atoms with van der Waals surface area (Å²) < 4.78 is 35.5. The fraction of sp³-hybridized carbons (Fsp3) is 0.600. The summed E-state index contributed by atoms with van der Waals surface area (Å²) >= 11 is 1.63. The Balaban J connectivity index is 2.17. The number of thiophene rings is 1. The Morgan fingerprint density at radius 1 is 1.47 bits per heavy atom. The Labute approximate surface area is 91.3 Å². The maximum absolute atomic E-state index is 11.8. The highest BCUT2D eigenvalue weighted by molar-refractivity contribution is 7.09. The molecule has 1 rings (SSSR count). The van der Waals surface area contributed by atoms with Crippen molar-refractivity contribution in [2.45, 2.75) is 32.0 Å². The molecule has 5 heteroatoms. The van der Waals surface area contributed by atoms with E-state index in [2.05, 4.69) is 5.32 Å². The fourth-order valence-corrected chi connectivity index (χ4v) is 2.10. The van der Waals surface area contributed by atoms with E-state index in [1.54, 1.807) is 11.3 Å². The first-order valence-corrected chi connectivity index (χ1v) is 5.68. The summed E-state index contributed by atoms with van der Waals surface area (Å²) in [6.45, 7) is 1.89. The average molecular weight is 237 g/mol. The monoisotopic (exact) mass is 237 g/mol. The first-order valence-electron chi connectivity index (χ1n) is 4.80. The first kappa shape index (κ1) is 12.5. The van der Waals surface area contributed by atoms with Crippen LogP contribution in [0.2, 0.25) is 0 Å². The van der Waals surface area contributed by atoms with Gasteiger partial charge < -0.3 is 5.32 Å². The zero-order valence-corrected chi connectivity index (χ0v) is 9.29. The molecule has 0 radical (unpaired) electrons. The molecule has 0 saturated carbocycles. The molecule has 1 atom stereocenters. The van der Waals surface area contributed by atoms with E-state index in [1.165, 1.54) is 4.88 Å². The third-order valence-electron chi connectivity index (χ3n) is 1.99. The van der Waals surface area contributed by atoms with Gasteiger partial charge in [-0.05, 0) is 24.8 Å². The zero-order chi connectivity index (χ0) is 11.3. The lowest BCUT2D eigenvalue weighted by atomic mass is 10.2. The van der Waals surface area contributed by atoms with Crippen molar-refractivity contribution in [2.24, 2.45) is 0 Å². The van der Waals surface area contributed by atoms with Crippen molar-refractivity contribution in [3.63, 3.8) is 0 Å². The van der Waals surface area contributed by atoms with Gasteiger partial charge in [-0.2, -0.15) is 13.2 Å². The van der Waals surface area contributed by atoms with Gasteiger partial charge in [0.05, 0.1) is 6.42 Å². The van der Waals surface area contributed by atoms with Gasteiger partial charge in [0, 0.05) is 17.5 Å². The SMILES string of the molecule is CC(Cc1cccs1)NCCC(F)(F)F. The predicted molar refractivity (Wildman–Crippen MR) is 56.2 cm³/mol. The number of rotatable bonds is 5. The van der Waals surface area contributed by atoms with Crippen molar-refractivity contribution in [1.82, 2.24) is 5.32 Å². The maximum atomic E-state index is 11.8. The van der Waals surface area contributed by atoms with Gasteiger partial charge in [-0.3, -0.25) is 0 Å². The highest BCUT2D eigenvalue weighted by atomic mass is 32.1. The molecule has 1 aromatic heterocycles. The maximum Gasteiger partial charge on any atom is 0.390 e. The second-order valence-corrected chi connectivity index (χ2v) is 4.54. The van der Waals surface area contributed by atoms with E-state index in [9.17, 15) is 13.2 Å². The van der Waals surface area contributed by atoms with Crippen LogP contribution in [0.25, 0.3) is 0 Å². The van der Waals surface area contributed by atoms with E-state index in [0.717, 1.165) is 6.42 Å². The molecule has 0 aliphatic heterocycles. The molecular formula is C10H14F3NS. The molecular weight excluding hydrogens is 223 g/mol. The highest BCUT2D eigenvalue weighted by Crippen LogP contribution is 2.18. The summed E-state index contributed by atoms with van der Waals surface area (Å²) in [5.74, 6) is 0. The molecule has 1 N–H and O–H groups in total. The third-order valence-corrected chi connectivity index (χ3v) is 2.89. The average Bonchev–Trinajstić information content (AvgIpc) is 2.54. The molecule has 1 unspecified atom stereocenters. The lowest BCUT2D eigenvalue weighted by Gasteiger charge is -2.13. The van der Waals surface area contributed by atoms with Crippen molar-refractivity contribution >= 4 is 11.3 Å². The van der Waals surface area contributed by atoms with Gasteiger partial charge in [-0.15, -0.1) is 11.3 Å². The summed E-state index contributed by atoms with van der Waals surface area (Å²) in [6.07, 6.45) is -4.03. The van der Waals surface area contributed by atoms with Gasteiger partial charge in [-0.25, -0.2) is 0 Å². The minimum atomic E-state index is -4.06. The topological polar surface area (TPSA) is 12.0 Å². The molecule has 15 heavy (non-hydrogen) atoms. The number of hydrogen-bond acceptors (Lipinski definition) is 2. The van der Waals surface area contributed by atoms with Crippen molar-refractivity contribution in [3.05, 3.63) is 22.4 Å². The van der Waals surface area contributed by atoms with E-state index < -0.39 is 12.6 Å². The summed E-state index contributed by atoms with van der Waals surface area (Å²) in [4.78, 5) is 1.20. The molecule has 0 amide bonds. The standard InChI is InChI=1S/C10H14F3NS/c1-8(7-9-3-2-6-15-9)14-5-4-10(11,12)13/h2-3,6,8,14H,4-5,7H2,1H3. The Kier molecular flexibility index (Phi) is 4.60. The molecule has 0 bridgehead atoms. The van der Waals surface area contributed by atoms with E-state index in [1.807, 2.05) is 24.4 Å². The van der Waals surface area contributed by atoms with Crippen LogP contribution in [0.1, 0.15) is 18.2 Å². The van der Waals surface area contributed by atoms with Gasteiger partial charge in [0.25, 0.3) is 0 Å². The van der Waals surface area contributed by atoms with Gasteiger partial charge in [0.1, 0.15) is 0 Å². The van der Waals surface area contributed by atoms with Gasteiger partial charge in [-0.1, -0.05) is 6.07 Å². The summed E-state index contributed by atoms with van der Waals surface area (Å²) in [5.41, 5.74) is 0. The van der Waals surface area contributed by atoms with Crippen LogP contribution in [-0.2, 0) is 6.42 Å². The predicted octanol–water partition coefficient (Wildman–Crippen LogP) is 3.22. The van der Waals surface area contributed by atoms with E-state index in [-0.39, 0.29) is 12.6 Å². The van der Waals surface area contributed by atoms with Crippen molar-refractivity contribution in [2.75, 3.05) is 6.54 Å². The molecule has 0 saturated heterocycles. The molecule has 1 nitrogen and oxygen atoms in total. The smallest absolute Gasteiger partial charge is 0.314 e. The fourth-order valence-electron chi connectivity index (χ4n) is 1.26. The Hall–Kier alpha value is -0.550. The lowest BCUT2D eigenvalue weighted by molar-refractivity contribution is -0.133.